The third kappa shape index (κ3) is 4.27. The van der Waals surface area contributed by atoms with Gasteiger partial charge >= 0.3 is 189 Å². The van der Waals surface area contributed by atoms with Crippen molar-refractivity contribution in [1.29, 1.82) is 0 Å². The van der Waals surface area contributed by atoms with Crippen LogP contribution in [0.2, 0.25) is 0 Å². The average Bonchev–Trinajstić information content (AvgIpc) is 2.82. The number of rotatable bonds is 6. The van der Waals surface area contributed by atoms with Gasteiger partial charge in [-0.2, -0.15) is 0 Å². The van der Waals surface area contributed by atoms with E-state index in [2.05, 4.69) is 4.74 Å². The molecule has 0 aliphatic heterocycles. The summed E-state index contributed by atoms with van der Waals surface area (Å²) < 4.78 is 73.2. The second-order valence-corrected chi connectivity index (χ2v) is 13.9. The third-order valence-electron chi connectivity index (χ3n) is 5.00. The summed E-state index contributed by atoms with van der Waals surface area (Å²) >= 11 is -4.79. The molecule has 0 radical (unpaired) electrons. The number of benzene rings is 3. The van der Waals surface area contributed by atoms with Crippen LogP contribution in [0.4, 0.5) is 22.0 Å². The fraction of sp³-hybridized carbons (Fsp3) is 0.125. The molecule has 3 aromatic rings. The van der Waals surface area contributed by atoms with Crippen molar-refractivity contribution in [2.45, 2.75) is 12.1 Å². The summed E-state index contributed by atoms with van der Waals surface area (Å²) in [6.45, 7) is 0. The number of esters is 1. The first-order chi connectivity index (χ1) is 15.6. The minimum atomic E-state index is -6.20. The number of ketones is 1. The Kier molecular flexibility index (Phi) is 6.98. The van der Waals surface area contributed by atoms with Gasteiger partial charge in [0.25, 0.3) is 0 Å². The Balaban J connectivity index is 2.68. The van der Waals surface area contributed by atoms with Crippen molar-refractivity contribution >= 4 is 42.2 Å². The van der Waals surface area contributed by atoms with E-state index in [1.54, 1.807) is 54.6 Å². The molecule has 0 atom stereocenters. The maximum atomic E-state index is 14.5. The van der Waals surface area contributed by atoms with Crippen LogP contribution in [0.3, 0.4) is 0 Å². The molecule has 3 rings (SSSR count). The molecule has 172 valence electrons. The van der Waals surface area contributed by atoms with Crippen molar-refractivity contribution in [3.8, 4) is 0 Å². The summed E-state index contributed by atoms with van der Waals surface area (Å²) in [5.74, 6) is -9.92. The average molecular weight is 524 g/mol. The predicted molar refractivity (Wildman–Crippen MR) is 117 cm³/mol. The van der Waals surface area contributed by atoms with E-state index >= 15 is 0 Å². The van der Waals surface area contributed by atoms with Crippen molar-refractivity contribution in [3.63, 3.8) is 0 Å². The topological polar surface area (TPSA) is 43.4 Å². The Morgan fingerprint density at radius 1 is 0.667 bits per heavy atom. The number of carbonyl (C=O) groups is 2. The molecule has 0 saturated heterocycles. The number of ether oxygens (including phenoxy) is 1. The molecule has 9 heteroatoms. The molecule has 0 spiro atoms. The first kappa shape index (κ1) is 24.5. The zero-order valence-electron chi connectivity index (χ0n) is 17.2. The second kappa shape index (κ2) is 9.39. The molecule has 33 heavy (non-hydrogen) atoms. The molecule has 0 saturated carbocycles. The number of halogens is 5. The fourth-order valence-electron chi connectivity index (χ4n) is 3.55. The molecule has 0 aliphatic carbocycles. The Labute approximate surface area is 188 Å². The number of Topliss-reactive ketones (excluding diaryl/α,β-unsaturated/α-hetero) is 1. The van der Waals surface area contributed by atoms with E-state index in [0.29, 0.717) is 13.1 Å². The van der Waals surface area contributed by atoms with E-state index in [1.165, 1.54) is 36.4 Å². The molecular formula is C24H18AsF5O3. The van der Waals surface area contributed by atoms with E-state index < -0.39 is 41.3 Å². The van der Waals surface area contributed by atoms with Crippen LogP contribution in [0, 0.1) is 0 Å². The van der Waals surface area contributed by atoms with Crippen molar-refractivity contribution in [2.24, 2.45) is 0 Å². The molecule has 0 aliphatic rings. The van der Waals surface area contributed by atoms with Crippen LogP contribution >= 0.6 is 0 Å². The number of hydrogen-bond donors (Lipinski definition) is 0. The van der Waals surface area contributed by atoms with Crippen molar-refractivity contribution in [3.05, 3.63) is 91.0 Å². The van der Waals surface area contributed by atoms with Crippen LogP contribution in [-0.2, 0) is 14.3 Å². The van der Waals surface area contributed by atoms with Crippen LogP contribution in [0.5, 0.6) is 0 Å². The molecule has 0 aromatic heterocycles. The van der Waals surface area contributed by atoms with Gasteiger partial charge in [0, 0.05) is 0 Å². The molecule has 0 heterocycles. The van der Waals surface area contributed by atoms with E-state index in [0.717, 1.165) is 7.11 Å². The summed E-state index contributed by atoms with van der Waals surface area (Å²) in [7, 11) is 0.840. The van der Waals surface area contributed by atoms with Gasteiger partial charge in [0.05, 0.1) is 0 Å². The molecule has 0 unspecified atom stereocenters. The Morgan fingerprint density at radius 2 is 1.00 bits per heavy atom. The zero-order chi connectivity index (χ0) is 24.3. The summed E-state index contributed by atoms with van der Waals surface area (Å²) in [6, 6.07) is 23.4. The Hall–Kier alpha value is -3.12. The number of hydrogen-bond acceptors (Lipinski definition) is 3. The first-order valence-corrected chi connectivity index (χ1v) is 13.3. The molecule has 0 amide bonds. The number of carbonyl (C=O) groups excluding carboxylic acids is 2. The van der Waals surface area contributed by atoms with E-state index in [4.69, 9.17) is 0 Å². The van der Waals surface area contributed by atoms with Gasteiger partial charge in [-0.15, -0.1) is 0 Å². The molecule has 0 N–H and O–H groups in total. The Bertz CT molecular complexity index is 1090. The quantitative estimate of drug-likeness (QED) is 0.216. The monoisotopic (exact) mass is 524 g/mol. The number of alkyl halides is 5. The van der Waals surface area contributed by atoms with Crippen LogP contribution in [0.1, 0.15) is 0 Å². The molecular weight excluding hydrogens is 506 g/mol. The minimum absolute atomic E-state index is 0.305. The van der Waals surface area contributed by atoms with Gasteiger partial charge in [0.15, 0.2) is 0 Å². The molecule has 0 bridgehead atoms. The normalized spacial score (nSPS) is 12.2. The summed E-state index contributed by atoms with van der Waals surface area (Å²) in [5, 5.41) is 0. The van der Waals surface area contributed by atoms with Crippen LogP contribution < -0.4 is 13.1 Å². The molecule has 3 aromatic carbocycles. The van der Waals surface area contributed by atoms with E-state index in [1.807, 2.05) is 0 Å². The summed E-state index contributed by atoms with van der Waals surface area (Å²) in [6.07, 6.45) is -6.20. The SMILES string of the molecule is COC(=O)C(C(=O)C(F)(F)C(F)(F)F)=[As](c1ccccc1)(c1ccccc1)c1ccccc1. The van der Waals surface area contributed by atoms with Gasteiger partial charge in [-0.25, -0.2) is 0 Å². The van der Waals surface area contributed by atoms with Crippen molar-refractivity contribution in [1.82, 2.24) is 0 Å². The van der Waals surface area contributed by atoms with Gasteiger partial charge in [-0.1, -0.05) is 0 Å². The van der Waals surface area contributed by atoms with E-state index in [9.17, 15) is 31.5 Å². The van der Waals surface area contributed by atoms with Crippen molar-refractivity contribution in [2.75, 3.05) is 7.11 Å². The number of methoxy groups -OCH3 is 1. The maximum absolute atomic E-state index is 14.5. The van der Waals surface area contributed by atoms with Gasteiger partial charge in [0.1, 0.15) is 0 Å². The Morgan fingerprint density at radius 3 is 1.27 bits per heavy atom. The zero-order valence-corrected chi connectivity index (χ0v) is 19.1. The standard InChI is InChI=1S/C24H18AsF5O3/c1-33-22(32)20(21(31)23(26,27)24(28,29)30)25(17-11-5-2-6-12-17,18-13-7-3-8-14-18)19-15-9-4-10-16-19/h2-16H,1H3. The fourth-order valence-corrected chi connectivity index (χ4v) is 12.6. The molecule has 3 nitrogen and oxygen atoms in total. The summed E-state index contributed by atoms with van der Waals surface area (Å²) in [5.41, 5.74) is 0. The second-order valence-electron chi connectivity index (χ2n) is 6.92. The third-order valence-corrected chi connectivity index (χ3v) is 14.0. The predicted octanol–water partition coefficient (Wildman–Crippen LogP) is 2.85. The van der Waals surface area contributed by atoms with Crippen molar-refractivity contribution < 1.29 is 36.3 Å². The molecule has 0 fully saturated rings. The van der Waals surface area contributed by atoms with Gasteiger partial charge in [-0.05, 0) is 0 Å². The first-order valence-electron chi connectivity index (χ1n) is 9.59. The van der Waals surface area contributed by atoms with Gasteiger partial charge in [0.2, 0.25) is 0 Å². The van der Waals surface area contributed by atoms with Crippen LogP contribution in [0.25, 0.3) is 0 Å². The van der Waals surface area contributed by atoms with Gasteiger partial charge < -0.3 is 0 Å². The van der Waals surface area contributed by atoms with Crippen LogP contribution in [-0.4, -0.2) is 48.4 Å². The van der Waals surface area contributed by atoms with Crippen LogP contribution in [0.15, 0.2) is 91.0 Å². The van der Waals surface area contributed by atoms with Gasteiger partial charge in [-0.3, -0.25) is 0 Å². The summed E-state index contributed by atoms with van der Waals surface area (Å²) in [4.78, 5) is 26.0. The van der Waals surface area contributed by atoms with E-state index in [-0.39, 0.29) is 0 Å².